The lowest BCUT2D eigenvalue weighted by Gasteiger charge is -2.19. The second-order valence-corrected chi connectivity index (χ2v) is 8.38. The van der Waals surface area contributed by atoms with Gasteiger partial charge in [0.05, 0.1) is 11.4 Å². The molecule has 0 unspecified atom stereocenters. The van der Waals surface area contributed by atoms with E-state index >= 15 is 0 Å². The van der Waals surface area contributed by atoms with Gasteiger partial charge in [-0.1, -0.05) is 26.0 Å². The number of sulfonamides is 1. The molecule has 0 saturated carbocycles. The van der Waals surface area contributed by atoms with Gasteiger partial charge in [-0.25, -0.2) is 13.2 Å². The first-order valence-corrected chi connectivity index (χ1v) is 10.5. The first kappa shape index (κ1) is 23.1. The van der Waals surface area contributed by atoms with Crippen LogP contribution in [-0.4, -0.2) is 50.3 Å². The zero-order valence-corrected chi connectivity index (χ0v) is 17.4. The Labute approximate surface area is 161 Å². The van der Waals surface area contributed by atoms with Crippen molar-refractivity contribution in [1.29, 1.82) is 0 Å². The number of urea groups is 1. The monoisotopic (exact) mass is 398 g/mol. The maximum Gasteiger partial charge on any atom is 0.321 e. The Hall–Kier alpha value is -1.97. The standard InChI is InChI=1S/C18H30N4O4S/c1-6-22(7-2)27(25,26)16-10-8-15(9-11-16)14(5)19-12-17(23)21-18(24)20-13(3)4/h8-11,13-14,19H,6-7,12H2,1-5H3,(H2,20,21,23,24)/t14-/m1/s1. The summed E-state index contributed by atoms with van der Waals surface area (Å²) in [5.41, 5.74) is 0.841. The molecular formula is C18H30N4O4S. The molecule has 0 aliphatic rings. The van der Waals surface area contributed by atoms with E-state index in [1.54, 1.807) is 52.0 Å². The zero-order chi connectivity index (χ0) is 20.6. The van der Waals surface area contributed by atoms with Gasteiger partial charge in [0.15, 0.2) is 0 Å². The fourth-order valence-electron chi connectivity index (χ4n) is 2.47. The minimum atomic E-state index is -3.49. The van der Waals surface area contributed by atoms with Gasteiger partial charge in [-0.2, -0.15) is 4.31 Å². The van der Waals surface area contributed by atoms with Gasteiger partial charge in [0.25, 0.3) is 0 Å². The van der Waals surface area contributed by atoms with Gasteiger partial charge in [0, 0.05) is 25.2 Å². The van der Waals surface area contributed by atoms with E-state index in [0.29, 0.717) is 13.1 Å². The maximum absolute atomic E-state index is 12.5. The van der Waals surface area contributed by atoms with E-state index in [1.165, 1.54) is 4.31 Å². The minimum absolute atomic E-state index is 0.0355. The minimum Gasteiger partial charge on any atom is -0.336 e. The van der Waals surface area contributed by atoms with E-state index in [1.807, 2.05) is 6.92 Å². The fraction of sp³-hybridized carbons (Fsp3) is 0.556. The molecule has 1 rings (SSSR count). The van der Waals surface area contributed by atoms with Crippen LogP contribution >= 0.6 is 0 Å². The van der Waals surface area contributed by atoms with E-state index in [2.05, 4.69) is 16.0 Å². The van der Waals surface area contributed by atoms with Gasteiger partial charge in [0.2, 0.25) is 15.9 Å². The summed E-state index contributed by atoms with van der Waals surface area (Å²) in [4.78, 5) is 23.5. The van der Waals surface area contributed by atoms with Crippen LogP contribution in [0.25, 0.3) is 0 Å². The molecule has 27 heavy (non-hydrogen) atoms. The highest BCUT2D eigenvalue weighted by molar-refractivity contribution is 7.89. The first-order chi connectivity index (χ1) is 12.6. The third kappa shape index (κ3) is 6.93. The Morgan fingerprint density at radius 3 is 2.07 bits per heavy atom. The predicted molar refractivity (Wildman–Crippen MR) is 105 cm³/mol. The number of hydrogen-bond acceptors (Lipinski definition) is 5. The largest absolute Gasteiger partial charge is 0.336 e. The Morgan fingerprint density at radius 2 is 1.59 bits per heavy atom. The number of rotatable bonds is 9. The van der Waals surface area contributed by atoms with Crippen molar-refractivity contribution in [2.75, 3.05) is 19.6 Å². The molecule has 0 aromatic heterocycles. The first-order valence-electron chi connectivity index (χ1n) is 9.05. The molecule has 1 atom stereocenters. The smallest absolute Gasteiger partial charge is 0.321 e. The number of nitrogens with one attached hydrogen (secondary N) is 3. The highest BCUT2D eigenvalue weighted by Crippen LogP contribution is 2.19. The molecule has 152 valence electrons. The van der Waals surface area contributed by atoms with Crippen molar-refractivity contribution in [3.8, 4) is 0 Å². The topological polar surface area (TPSA) is 108 Å². The summed E-state index contributed by atoms with van der Waals surface area (Å²) in [5, 5.41) is 7.82. The molecule has 0 heterocycles. The van der Waals surface area contributed by atoms with Gasteiger partial charge >= 0.3 is 6.03 Å². The van der Waals surface area contributed by atoms with Crippen molar-refractivity contribution in [2.45, 2.75) is 51.6 Å². The lowest BCUT2D eigenvalue weighted by atomic mass is 10.1. The lowest BCUT2D eigenvalue weighted by molar-refractivity contribution is -0.119. The normalized spacial score (nSPS) is 12.9. The average molecular weight is 399 g/mol. The summed E-state index contributed by atoms with van der Waals surface area (Å²) in [7, 11) is -3.49. The molecule has 1 aromatic rings. The SMILES string of the molecule is CCN(CC)S(=O)(=O)c1ccc([C@@H](C)NCC(=O)NC(=O)NC(C)C)cc1. The van der Waals surface area contributed by atoms with Crippen LogP contribution in [0.3, 0.4) is 0 Å². The van der Waals surface area contributed by atoms with Gasteiger partial charge in [-0.3, -0.25) is 10.1 Å². The zero-order valence-electron chi connectivity index (χ0n) is 16.6. The summed E-state index contributed by atoms with van der Waals surface area (Å²) in [6.07, 6.45) is 0. The predicted octanol–water partition coefficient (Wildman–Crippen LogP) is 1.60. The van der Waals surface area contributed by atoms with E-state index < -0.39 is 22.0 Å². The van der Waals surface area contributed by atoms with Gasteiger partial charge in [-0.15, -0.1) is 0 Å². The van der Waals surface area contributed by atoms with E-state index in [9.17, 15) is 18.0 Å². The maximum atomic E-state index is 12.5. The number of carbonyl (C=O) groups is 2. The Morgan fingerprint density at radius 1 is 1.04 bits per heavy atom. The summed E-state index contributed by atoms with van der Waals surface area (Å²) in [6.45, 7) is 9.85. The van der Waals surface area contributed by atoms with Crippen molar-refractivity contribution in [1.82, 2.24) is 20.3 Å². The molecule has 0 spiro atoms. The molecule has 0 aliphatic heterocycles. The van der Waals surface area contributed by atoms with E-state index in [-0.39, 0.29) is 23.5 Å². The van der Waals surface area contributed by atoms with Crippen LogP contribution in [0, 0.1) is 0 Å². The molecule has 3 N–H and O–H groups in total. The molecule has 1 aromatic carbocycles. The van der Waals surface area contributed by atoms with Gasteiger partial charge < -0.3 is 10.6 Å². The molecule has 9 heteroatoms. The van der Waals surface area contributed by atoms with Gasteiger partial charge in [0.1, 0.15) is 0 Å². The van der Waals surface area contributed by atoms with Crippen LogP contribution < -0.4 is 16.0 Å². The molecular weight excluding hydrogens is 368 g/mol. The average Bonchev–Trinajstić information content (AvgIpc) is 2.59. The van der Waals surface area contributed by atoms with Crippen molar-refractivity contribution >= 4 is 22.0 Å². The number of hydrogen-bond donors (Lipinski definition) is 3. The molecule has 0 aliphatic carbocycles. The molecule has 0 radical (unpaired) electrons. The number of imide groups is 1. The second-order valence-electron chi connectivity index (χ2n) is 6.44. The van der Waals surface area contributed by atoms with Crippen molar-refractivity contribution < 1.29 is 18.0 Å². The van der Waals surface area contributed by atoms with Crippen molar-refractivity contribution in [3.05, 3.63) is 29.8 Å². The Kier molecular flexibility index (Phi) is 8.87. The van der Waals surface area contributed by atoms with Crippen LogP contribution in [0.2, 0.25) is 0 Å². The van der Waals surface area contributed by atoms with Crippen LogP contribution in [-0.2, 0) is 14.8 Å². The molecule has 3 amide bonds. The third-order valence-corrected chi connectivity index (χ3v) is 6.03. The summed E-state index contributed by atoms with van der Waals surface area (Å²) < 4.78 is 26.4. The number of benzene rings is 1. The summed E-state index contributed by atoms with van der Waals surface area (Å²) in [5.74, 6) is -0.444. The lowest BCUT2D eigenvalue weighted by Crippen LogP contribution is -2.45. The van der Waals surface area contributed by atoms with E-state index in [0.717, 1.165) is 5.56 Å². The summed E-state index contributed by atoms with van der Waals surface area (Å²) in [6, 6.07) is 5.80. The molecule has 0 bridgehead atoms. The van der Waals surface area contributed by atoms with Crippen molar-refractivity contribution in [3.63, 3.8) is 0 Å². The number of carbonyl (C=O) groups excluding carboxylic acids is 2. The molecule has 8 nitrogen and oxygen atoms in total. The highest BCUT2D eigenvalue weighted by Gasteiger charge is 2.21. The van der Waals surface area contributed by atoms with Crippen LogP contribution in [0.1, 0.15) is 46.2 Å². The van der Waals surface area contributed by atoms with Crippen LogP contribution in [0.4, 0.5) is 4.79 Å². The van der Waals surface area contributed by atoms with Crippen molar-refractivity contribution in [2.24, 2.45) is 0 Å². The Bertz CT molecular complexity index is 728. The molecule has 0 fully saturated rings. The highest BCUT2D eigenvalue weighted by atomic mass is 32.2. The van der Waals surface area contributed by atoms with Gasteiger partial charge in [-0.05, 0) is 38.5 Å². The second kappa shape index (κ2) is 10.4. The fourth-order valence-corrected chi connectivity index (χ4v) is 3.93. The quantitative estimate of drug-likeness (QED) is 0.586. The summed E-state index contributed by atoms with van der Waals surface area (Å²) >= 11 is 0. The number of amides is 3. The Balaban J connectivity index is 2.66. The van der Waals surface area contributed by atoms with E-state index in [4.69, 9.17) is 0 Å². The van der Waals surface area contributed by atoms with Crippen LogP contribution in [0.5, 0.6) is 0 Å². The van der Waals surface area contributed by atoms with Crippen LogP contribution in [0.15, 0.2) is 29.2 Å². The molecule has 0 saturated heterocycles. The third-order valence-electron chi connectivity index (χ3n) is 3.96. The number of nitrogens with zero attached hydrogens (tertiary/aromatic N) is 1.